The molecule has 4 bridgehead atoms. The molecular formula is C36H58N2O8. The smallest absolute Gasteiger partial charge is 0.201 e. The number of nitrogens with zero attached hydrogens (tertiary/aromatic N) is 1. The summed E-state index contributed by atoms with van der Waals surface area (Å²) in [6, 6.07) is 0. The van der Waals surface area contributed by atoms with Gasteiger partial charge in [-0.1, -0.05) is 27.7 Å². The van der Waals surface area contributed by atoms with E-state index in [1.54, 1.807) is 0 Å². The average Bonchev–Trinajstić information content (AvgIpc) is 3.37. The van der Waals surface area contributed by atoms with E-state index >= 15 is 0 Å². The molecule has 0 unspecified atom stereocenters. The summed E-state index contributed by atoms with van der Waals surface area (Å²) in [5, 5.41) is 5.17. The van der Waals surface area contributed by atoms with Gasteiger partial charge in [0, 0.05) is 36.6 Å². The van der Waals surface area contributed by atoms with Crippen LogP contribution in [0.1, 0.15) is 120 Å². The fraction of sp³-hybridized carbons (Fsp3) is 0.972. The van der Waals surface area contributed by atoms with Crippen molar-refractivity contribution in [3.8, 4) is 0 Å². The first-order chi connectivity index (χ1) is 21.7. The Balaban J connectivity index is 1.13. The molecule has 0 aromatic heterocycles. The molecule has 0 amide bonds. The minimum absolute atomic E-state index is 0.115. The maximum absolute atomic E-state index is 7.12. The van der Waals surface area contributed by atoms with E-state index in [9.17, 15) is 0 Å². The third-order valence-electron chi connectivity index (χ3n) is 13.7. The summed E-state index contributed by atoms with van der Waals surface area (Å²) >= 11 is 0. The zero-order valence-corrected chi connectivity index (χ0v) is 29.5. The van der Waals surface area contributed by atoms with Gasteiger partial charge in [0.1, 0.15) is 6.10 Å². The molecule has 8 aliphatic heterocycles. The van der Waals surface area contributed by atoms with Crippen molar-refractivity contribution in [1.29, 1.82) is 0 Å². The molecule has 10 nitrogen and oxygen atoms in total. The van der Waals surface area contributed by atoms with Crippen LogP contribution in [-0.2, 0) is 38.5 Å². The predicted octanol–water partition coefficient (Wildman–Crippen LogP) is 6.62. The molecule has 46 heavy (non-hydrogen) atoms. The van der Waals surface area contributed by atoms with Gasteiger partial charge in [-0.3, -0.25) is 0 Å². The quantitative estimate of drug-likeness (QED) is 0.205. The molecule has 0 aromatic rings. The Bertz CT molecular complexity index is 1230. The lowest BCUT2D eigenvalue weighted by molar-refractivity contribution is -0.571. The number of hydrogen-bond acceptors (Lipinski definition) is 10. The van der Waals surface area contributed by atoms with E-state index in [0.717, 1.165) is 44.2 Å². The van der Waals surface area contributed by atoms with E-state index < -0.39 is 35.4 Å². The van der Waals surface area contributed by atoms with Crippen LogP contribution in [-0.4, -0.2) is 58.8 Å². The average molecular weight is 647 g/mol. The van der Waals surface area contributed by atoms with Gasteiger partial charge in [-0.05, 0) is 109 Å². The van der Waals surface area contributed by atoms with Gasteiger partial charge in [-0.25, -0.2) is 19.6 Å². The third-order valence-corrected chi connectivity index (χ3v) is 13.7. The summed E-state index contributed by atoms with van der Waals surface area (Å²) in [5.74, 6) is 0.932. The first-order valence-electron chi connectivity index (χ1n) is 18.4. The molecule has 2 saturated carbocycles. The van der Waals surface area contributed by atoms with Crippen LogP contribution in [0, 0.1) is 47.3 Å². The molecule has 10 heteroatoms. The minimum atomic E-state index is -0.818. The summed E-state index contributed by atoms with van der Waals surface area (Å²) in [4.78, 5) is 25.1. The summed E-state index contributed by atoms with van der Waals surface area (Å²) in [6.07, 6.45) is 7.35. The highest BCUT2D eigenvalue weighted by atomic mass is 17.3. The van der Waals surface area contributed by atoms with Crippen LogP contribution in [0.4, 0.5) is 0 Å². The Labute approximate surface area is 275 Å². The molecule has 1 N–H and O–H groups in total. The van der Waals surface area contributed by atoms with Crippen molar-refractivity contribution in [1.82, 2.24) is 5.43 Å². The fourth-order valence-electron chi connectivity index (χ4n) is 11.2. The molecule has 8 heterocycles. The number of hydrogen-bond donors (Lipinski definition) is 1. The Morgan fingerprint density at radius 3 is 1.74 bits per heavy atom. The largest absolute Gasteiger partial charge is 0.345 e. The Hall–Kier alpha value is -0.850. The van der Waals surface area contributed by atoms with Gasteiger partial charge in [0.15, 0.2) is 23.8 Å². The van der Waals surface area contributed by atoms with E-state index in [-0.39, 0.29) is 41.4 Å². The molecule has 260 valence electrons. The maximum Gasteiger partial charge on any atom is 0.201 e. The van der Waals surface area contributed by atoms with Crippen LogP contribution >= 0.6 is 0 Å². The van der Waals surface area contributed by atoms with Crippen LogP contribution < -0.4 is 5.43 Å². The summed E-state index contributed by atoms with van der Waals surface area (Å²) < 4.78 is 27.6. The fourth-order valence-corrected chi connectivity index (χ4v) is 11.2. The van der Waals surface area contributed by atoms with E-state index in [4.69, 9.17) is 43.6 Å². The van der Waals surface area contributed by atoms with Gasteiger partial charge in [0.05, 0.1) is 11.8 Å². The topological polar surface area (TPSA) is 98.2 Å². The van der Waals surface area contributed by atoms with Crippen molar-refractivity contribution in [3.05, 3.63) is 0 Å². The van der Waals surface area contributed by atoms with Gasteiger partial charge < -0.3 is 24.4 Å². The summed E-state index contributed by atoms with van der Waals surface area (Å²) in [7, 11) is 0. The van der Waals surface area contributed by atoms with Gasteiger partial charge >= 0.3 is 0 Å². The second-order valence-electron chi connectivity index (χ2n) is 17.9. The number of rotatable bonds is 4. The molecule has 10 aliphatic rings. The highest BCUT2D eigenvalue weighted by Crippen LogP contribution is 2.63. The maximum atomic E-state index is 7.12. The van der Waals surface area contributed by atoms with E-state index in [1.165, 1.54) is 12.8 Å². The van der Waals surface area contributed by atoms with E-state index in [2.05, 4.69) is 53.9 Å². The van der Waals surface area contributed by atoms with Gasteiger partial charge in [-0.2, -0.15) is 5.10 Å². The van der Waals surface area contributed by atoms with E-state index in [0.29, 0.717) is 30.1 Å². The molecule has 10 rings (SSSR count). The molecular weight excluding hydrogens is 588 g/mol. The molecule has 0 radical (unpaired) electrons. The third kappa shape index (κ3) is 4.74. The molecule has 0 aromatic carbocycles. The zero-order valence-electron chi connectivity index (χ0n) is 29.5. The molecule has 10 fully saturated rings. The number of nitrogens with one attached hydrogen (secondary N) is 1. The molecule has 16 atom stereocenters. The summed E-state index contributed by atoms with van der Waals surface area (Å²) in [5.41, 5.74) is 3.02. The minimum Gasteiger partial charge on any atom is -0.345 e. The van der Waals surface area contributed by atoms with Crippen LogP contribution in [0.3, 0.4) is 0 Å². The van der Waals surface area contributed by atoms with Gasteiger partial charge in [0.25, 0.3) is 0 Å². The highest BCUT2D eigenvalue weighted by Gasteiger charge is 2.71. The number of ether oxygens (including phenoxy) is 4. The Morgan fingerprint density at radius 1 is 0.674 bits per heavy atom. The summed E-state index contributed by atoms with van der Waals surface area (Å²) in [6.45, 7) is 19.8. The molecule has 2 aliphatic carbocycles. The van der Waals surface area contributed by atoms with Crippen molar-refractivity contribution < 1.29 is 38.5 Å². The van der Waals surface area contributed by atoms with Crippen LogP contribution in [0.25, 0.3) is 0 Å². The lowest BCUT2D eigenvalue weighted by Crippen LogP contribution is -2.71. The lowest BCUT2D eigenvalue weighted by atomic mass is 9.56. The van der Waals surface area contributed by atoms with Gasteiger partial charge in [0.2, 0.25) is 11.6 Å². The number of fused-ring (bicyclic) bond motifs is 4. The Morgan fingerprint density at radius 2 is 1.20 bits per heavy atom. The second-order valence-corrected chi connectivity index (χ2v) is 17.9. The second kappa shape index (κ2) is 10.8. The first-order valence-corrected chi connectivity index (χ1v) is 18.4. The highest BCUT2D eigenvalue weighted by molar-refractivity contribution is 5.89. The van der Waals surface area contributed by atoms with Crippen molar-refractivity contribution >= 4 is 5.71 Å². The lowest BCUT2D eigenvalue weighted by Gasteiger charge is -2.61. The van der Waals surface area contributed by atoms with Crippen LogP contribution in [0.5, 0.6) is 0 Å². The normalized spacial score (nSPS) is 56.4. The van der Waals surface area contributed by atoms with Crippen molar-refractivity contribution in [2.24, 2.45) is 52.4 Å². The Kier molecular flexibility index (Phi) is 7.61. The zero-order chi connectivity index (χ0) is 32.4. The van der Waals surface area contributed by atoms with Gasteiger partial charge in [-0.15, -0.1) is 0 Å². The monoisotopic (exact) mass is 646 g/mol. The van der Waals surface area contributed by atoms with Crippen molar-refractivity contribution in [2.75, 3.05) is 0 Å². The SMILES string of the molecule is C[C@H]1[C@@H](/C(C[C@H]2O[C@@H]3O[C@@]4(C)CC[C@H]5[C@H](C)CC[C@@H]([C@H]2C)[C@@]35OO4)=N\NC(C)(C)C)O[C@@H]2O[C@@]3(C)CC[C@H]4[C@H](C)CC[C@@H]1[C@@]24OO3. The number of hydrazone groups is 1. The van der Waals surface area contributed by atoms with Crippen LogP contribution in [0.15, 0.2) is 5.10 Å². The van der Waals surface area contributed by atoms with E-state index in [1.807, 2.05) is 13.8 Å². The molecule has 8 saturated heterocycles. The predicted molar refractivity (Wildman–Crippen MR) is 169 cm³/mol. The van der Waals surface area contributed by atoms with Crippen LogP contribution in [0.2, 0.25) is 0 Å². The van der Waals surface area contributed by atoms with Crippen molar-refractivity contribution in [2.45, 2.75) is 173 Å². The first kappa shape index (κ1) is 32.4. The van der Waals surface area contributed by atoms with Crippen molar-refractivity contribution in [3.63, 3.8) is 0 Å². The molecule has 2 spiro atoms. The standard InChI is InChI=1S/C36H58N2O8/c1-19-10-12-25-21(3)28(39-30-35(25)23(19)14-16-33(8,41-30)43-45-35)18-27(37-38-32(5,6)7)29-22(4)26-13-11-20(2)24-15-17-34(9)42-31(40-29)36(24,26)46-44-34/h19-26,28-31,38H,10-18H2,1-9H3/b37-27-/t19-,20-,21-,22-,23+,24+,25+,26+,28-,29+,30-,31-,33-,34-,35-,36-/m1/s1.